The Hall–Kier alpha value is -1.01. The molecule has 0 aliphatic heterocycles. The molecule has 5 nitrogen and oxygen atoms in total. The van der Waals surface area contributed by atoms with Crippen LogP contribution in [-0.2, 0) is 0 Å². The zero-order valence-corrected chi connectivity index (χ0v) is 11.4. The Morgan fingerprint density at radius 1 is 1.65 bits per heavy atom. The van der Waals surface area contributed by atoms with E-state index in [1.54, 1.807) is 7.11 Å². The van der Waals surface area contributed by atoms with Crippen molar-refractivity contribution < 1.29 is 4.74 Å². The van der Waals surface area contributed by atoms with Gasteiger partial charge in [0.25, 0.3) is 0 Å². The molecule has 0 bridgehead atoms. The summed E-state index contributed by atoms with van der Waals surface area (Å²) in [7, 11) is 3.80. The van der Waals surface area contributed by atoms with Gasteiger partial charge in [0.15, 0.2) is 16.6 Å². The molecule has 0 amide bonds. The molecule has 1 aliphatic carbocycles. The van der Waals surface area contributed by atoms with E-state index in [0.29, 0.717) is 17.6 Å². The first-order valence-electron chi connectivity index (χ1n) is 5.88. The van der Waals surface area contributed by atoms with Crippen LogP contribution in [0.4, 0.5) is 10.8 Å². The minimum absolute atomic E-state index is 0.461. The lowest BCUT2D eigenvalue weighted by Crippen LogP contribution is -2.36. The van der Waals surface area contributed by atoms with E-state index in [1.807, 2.05) is 0 Å². The summed E-state index contributed by atoms with van der Waals surface area (Å²) < 4.78 is 9.29. The quantitative estimate of drug-likeness (QED) is 0.810. The second-order valence-electron chi connectivity index (χ2n) is 4.56. The number of likely N-dealkylation sites (N-methyl/N-ethyl adjacent to an activating group) is 1. The van der Waals surface area contributed by atoms with Gasteiger partial charge < -0.3 is 15.8 Å². The topological polar surface area (TPSA) is 63.4 Å². The number of nitrogens with one attached hydrogen (secondary N) is 1. The predicted molar refractivity (Wildman–Crippen MR) is 71.8 cm³/mol. The lowest BCUT2D eigenvalue weighted by Gasteiger charge is -2.24. The Bertz CT molecular complexity index is 378. The van der Waals surface area contributed by atoms with Gasteiger partial charge in [-0.1, -0.05) is 0 Å². The number of aromatic nitrogens is 1. The maximum atomic E-state index is 5.70. The van der Waals surface area contributed by atoms with E-state index >= 15 is 0 Å². The van der Waals surface area contributed by atoms with Crippen LogP contribution >= 0.6 is 11.5 Å². The molecule has 3 N–H and O–H groups in total. The second-order valence-corrected chi connectivity index (χ2v) is 5.33. The highest BCUT2D eigenvalue weighted by Gasteiger charge is 2.29. The van der Waals surface area contributed by atoms with E-state index in [1.165, 1.54) is 24.4 Å². The van der Waals surface area contributed by atoms with E-state index in [2.05, 4.69) is 28.6 Å². The van der Waals surface area contributed by atoms with Gasteiger partial charge in [-0.25, -0.2) is 0 Å². The summed E-state index contributed by atoms with van der Waals surface area (Å²) in [6, 6.07) is 1.27. The molecule has 1 aromatic heterocycles. The van der Waals surface area contributed by atoms with Crippen molar-refractivity contribution in [1.82, 2.24) is 9.27 Å². The average Bonchev–Trinajstić information content (AvgIpc) is 3.10. The summed E-state index contributed by atoms with van der Waals surface area (Å²) in [4.78, 5) is 2.42. The van der Waals surface area contributed by atoms with Crippen molar-refractivity contribution in [2.45, 2.75) is 31.8 Å². The molecule has 17 heavy (non-hydrogen) atoms. The van der Waals surface area contributed by atoms with E-state index in [0.717, 1.165) is 17.6 Å². The lowest BCUT2D eigenvalue weighted by molar-refractivity contribution is 0.257. The van der Waals surface area contributed by atoms with Crippen LogP contribution in [0.2, 0.25) is 0 Å². The Labute approximate surface area is 106 Å². The highest BCUT2D eigenvalue weighted by Crippen LogP contribution is 2.35. The van der Waals surface area contributed by atoms with E-state index in [9.17, 15) is 0 Å². The van der Waals surface area contributed by atoms with Crippen molar-refractivity contribution >= 4 is 22.4 Å². The van der Waals surface area contributed by atoms with Gasteiger partial charge in [-0.15, -0.1) is 0 Å². The second kappa shape index (κ2) is 5.10. The van der Waals surface area contributed by atoms with Crippen LogP contribution in [0.5, 0.6) is 5.75 Å². The molecule has 1 heterocycles. The average molecular weight is 256 g/mol. The highest BCUT2D eigenvalue weighted by atomic mass is 32.1. The van der Waals surface area contributed by atoms with Gasteiger partial charge in [0.1, 0.15) is 0 Å². The molecule has 6 heteroatoms. The minimum atomic E-state index is 0.461. The standard InChI is InChI=1S/C11H20N4OS/c1-7(15(2)8-4-5-8)6-13-11-9(16-3)10(12)14-17-11/h7-8,13H,4-6H2,1-3H3,(H2,12,14). The number of anilines is 2. The van der Waals surface area contributed by atoms with Crippen molar-refractivity contribution in [3.8, 4) is 5.75 Å². The summed E-state index contributed by atoms with van der Waals surface area (Å²) >= 11 is 1.35. The molecule has 1 fully saturated rings. The number of ether oxygens (including phenoxy) is 1. The van der Waals surface area contributed by atoms with E-state index in [4.69, 9.17) is 10.5 Å². The van der Waals surface area contributed by atoms with E-state index in [-0.39, 0.29) is 0 Å². The van der Waals surface area contributed by atoms with Crippen molar-refractivity contribution in [3.63, 3.8) is 0 Å². The summed E-state index contributed by atoms with van der Waals surface area (Å²) in [5.41, 5.74) is 5.70. The van der Waals surface area contributed by atoms with Gasteiger partial charge in [0.05, 0.1) is 7.11 Å². The minimum Gasteiger partial charge on any atom is -0.490 e. The molecular weight excluding hydrogens is 236 g/mol. The summed E-state index contributed by atoms with van der Waals surface area (Å²) in [5, 5.41) is 4.28. The number of methoxy groups -OCH3 is 1. The SMILES string of the molecule is COc1c(N)nsc1NCC(C)N(C)C1CC1. The third kappa shape index (κ3) is 2.81. The molecule has 1 aromatic rings. The third-order valence-electron chi connectivity index (χ3n) is 3.25. The largest absolute Gasteiger partial charge is 0.490 e. The van der Waals surface area contributed by atoms with Crippen molar-refractivity contribution in [3.05, 3.63) is 0 Å². The Morgan fingerprint density at radius 3 is 2.94 bits per heavy atom. The predicted octanol–water partition coefficient (Wildman–Crippen LogP) is 1.63. The van der Waals surface area contributed by atoms with Crippen LogP contribution in [-0.4, -0.2) is 42.1 Å². The molecule has 0 saturated heterocycles. The van der Waals surface area contributed by atoms with Crippen LogP contribution in [0.1, 0.15) is 19.8 Å². The van der Waals surface area contributed by atoms with Gasteiger partial charge in [0.2, 0.25) is 0 Å². The highest BCUT2D eigenvalue weighted by molar-refractivity contribution is 7.11. The number of hydrogen-bond donors (Lipinski definition) is 2. The summed E-state index contributed by atoms with van der Waals surface area (Å²) in [5.74, 6) is 1.12. The fourth-order valence-corrected chi connectivity index (χ4v) is 2.52. The van der Waals surface area contributed by atoms with Crippen LogP contribution in [0.15, 0.2) is 0 Å². The summed E-state index contributed by atoms with van der Waals surface area (Å²) in [6.07, 6.45) is 2.66. The van der Waals surface area contributed by atoms with Crippen LogP contribution < -0.4 is 15.8 Å². The third-order valence-corrected chi connectivity index (χ3v) is 4.05. The number of nitrogen functional groups attached to an aromatic ring is 1. The van der Waals surface area contributed by atoms with Crippen LogP contribution in [0, 0.1) is 0 Å². The normalized spacial score (nSPS) is 17.2. The van der Waals surface area contributed by atoms with Crippen LogP contribution in [0.25, 0.3) is 0 Å². The molecule has 1 aliphatic rings. The van der Waals surface area contributed by atoms with Crippen molar-refractivity contribution in [2.24, 2.45) is 0 Å². The number of nitrogens with zero attached hydrogens (tertiary/aromatic N) is 2. The Morgan fingerprint density at radius 2 is 2.35 bits per heavy atom. The molecular formula is C11H20N4OS. The summed E-state index contributed by atoms with van der Waals surface area (Å²) in [6.45, 7) is 3.10. The maximum Gasteiger partial charge on any atom is 0.197 e. The molecule has 2 rings (SSSR count). The smallest absolute Gasteiger partial charge is 0.197 e. The molecule has 1 unspecified atom stereocenters. The van der Waals surface area contributed by atoms with Gasteiger partial charge >= 0.3 is 0 Å². The fraction of sp³-hybridized carbons (Fsp3) is 0.727. The zero-order valence-electron chi connectivity index (χ0n) is 10.6. The number of rotatable bonds is 6. The van der Waals surface area contributed by atoms with E-state index < -0.39 is 0 Å². The first-order valence-corrected chi connectivity index (χ1v) is 6.65. The van der Waals surface area contributed by atoms with Gasteiger partial charge in [-0.3, -0.25) is 4.90 Å². The zero-order chi connectivity index (χ0) is 12.4. The maximum absolute atomic E-state index is 5.70. The van der Waals surface area contributed by atoms with Crippen LogP contribution in [0.3, 0.4) is 0 Å². The molecule has 1 saturated carbocycles. The van der Waals surface area contributed by atoms with Crippen molar-refractivity contribution in [2.75, 3.05) is 31.8 Å². The number of nitrogens with two attached hydrogens (primary N) is 1. The molecule has 0 radical (unpaired) electrons. The molecule has 0 aromatic carbocycles. The Kier molecular flexibility index (Phi) is 3.73. The first kappa shape index (κ1) is 12.4. The number of hydrogen-bond acceptors (Lipinski definition) is 6. The molecule has 96 valence electrons. The van der Waals surface area contributed by atoms with Gasteiger partial charge in [0, 0.05) is 18.6 Å². The lowest BCUT2D eigenvalue weighted by atomic mass is 10.3. The van der Waals surface area contributed by atoms with Gasteiger partial charge in [-0.05, 0) is 38.3 Å². The fourth-order valence-electron chi connectivity index (χ4n) is 1.83. The van der Waals surface area contributed by atoms with Crippen molar-refractivity contribution in [1.29, 1.82) is 0 Å². The monoisotopic (exact) mass is 256 g/mol. The van der Waals surface area contributed by atoms with Gasteiger partial charge in [-0.2, -0.15) is 4.37 Å². The first-order chi connectivity index (χ1) is 8.13. The Balaban J connectivity index is 1.88. The molecule has 0 spiro atoms. The molecule has 1 atom stereocenters.